The summed E-state index contributed by atoms with van der Waals surface area (Å²) in [7, 11) is 0. The molecule has 2 rings (SSSR count). The Hall–Kier alpha value is -3.03. The number of anilines is 1. The number of halogens is 1. The topological polar surface area (TPSA) is 81.5 Å². The zero-order valence-corrected chi connectivity index (χ0v) is 13.4. The van der Waals surface area contributed by atoms with Crippen LogP contribution in [0.25, 0.3) is 5.69 Å². The Morgan fingerprint density at radius 1 is 1.25 bits per heavy atom. The van der Waals surface area contributed by atoms with Crippen LogP contribution in [-0.2, 0) is 14.3 Å². The van der Waals surface area contributed by atoms with Gasteiger partial charge < -0.3 is 4.74 Å². The van der Waals surface area contributed by atoms with E-state index in [1.807, 2.05) is 0 Å². The third kappa shape index (κ3) is 3.32. The summed E-state index contributed by atoms with van der Waals surface area (Å²) in [5.41, 5.74) is 0.194. The Balaban J connectivity index is 2.70. The number of esters is 1. The first-order valence-corrected chi connectivity index (χ1v) is 7.19. The van der Waals surface area contributed by atoms with Crippen LogP contribution in [0.15, 0.2) is 30.5 Å². The number of hydrogen-bond acceptors (Lipinski definition) is 5. The fourth-order valence-corrected chi connectivity index (χ4v) is 2.23. The van der Waals surface area contributed by atoms with E-state index in [1.165, 1.54) is 44.3 Å². The van der Waals surface area contributed by atoms with E-state index in [2.05, 4.69) is 5.10 Å². The summed E-state index contributed by atoms with van der Waals surface area (Å²) < 4.78 is 19.6. The van der Waals surface area contributed by atoms with Crippen LogP contribution in [0.5, 0.6) is 0 Å². The maximum atomic E-state index is 13.5. The fraction of sp³-hybridized carbons (Fsp3) is 0.250. The average Bonchev–Trinajstić information content (AvgIpc) is 2.91. The van der Waals surface area contributed by atoms with Crippen molar-refractivity contribution in [1.29, 1.82) is 0 Å². The van der Waals surface area contributed by atoms with Crippen LogP contribution < -0.4 is 4.90 Å². The number of aromatic nitrogens is 2. The summed E-state index contributed by atoms with van der Waals surface area (Å²) >= 11 is 0. The lowest BCUT2D eigenvalue weighted by atomic mass is 10.2. The highest BCUT2D eigenvalue weighted by atomic mass is 19.1. The van der Waals surface area contributed by atoms with Gasteiger partial charge in [0.2, 0.25) is 11.8 Å². The van der Waals surface area contributed by atoms with Gasteiger partial charge in [-0.25, -0.2) is 18.8 Å². The molecule has 0 bridgehead atoms. The number of imide groups is 1. The van der Waals surface area contributed by atoms with Crippen LogP contribution in [0.4, 0.5) is 10.2 Å². The van der Waals surface area contributed by atoms with Crippen LogP contribution in [0.3, 0.4) is 0 Å². The minimum Gasteiger partial charge on any atom is -0.462 e. The van der Waals surface area contributed by atoms with Crippen molar-refractivity contribution in [3.05, 3.63) is 41.8 Å². The molecular formula is C16H16FN3O4. The smallest absolute Gasteiger partial charge is 0.343 e. The molecule has 0 unspecified atom stereocenters. The van der Waals surface area contributed by atoms with Gasteiger partial charge in [0.15, 0.2) is 5.82 Å². The lowest BCUT2D eigenvalue weighted by Gasteiger charge is -2.20. The molecule has 126 valence electrons. The van der Waals surface area contributed by atoms with Gasteiger partial charge in [-0.05, 0) is 25.1 Å². The molecule has 8 heteroatoms. The molecule has 7 nitrogen and oxygen atoms in total. The van der Waals surface area contributed by atoms with Gasteiger partial charge in [-0.2, -0.15) is 5.10 Å². The van der Waals surface area contributed by atoms with Gasteiger partial charge in [0.25, 0.3) is 0 Å². The summed E-state index contributed by atoms with van der Waals surface area (Å²) in [5.74, 6) is -2.55. The Morgan fingerprint density at radius 3 is 2.46 bits per heavy atom. The molecular weight excluding hydrogens is 317 g/mol. The van der Waals surface area contributed by atoms with E-state index < -0.39 is 23.6 Å². The summed E-state index contributed by atoms with van der Waals surface area (Å²) in [6, 6.07) is 5.40. The van der Waals surface area contributed by atoms with Gasteiger partial charge >= 0.3 is 5.97 Å². The van der Waals surface area contributed by atoms with Crippen LogP contribution in [0.2, 0.25) is 0 Å². The van der Waals surface area contributed by atoms with Crippen molar-refractivity contribution in [3.8, 4) is 5.69 Å². The molecule has 0 aliphatic carbocycles. The van der Waals surface area contributed by atoms with Crippen molar-refractivity contribution < 1.29 is 23.5 Å². The average molecular weight is 333 g/mol. The number of rotatable bonds is 4. The zero-order valence-electron chi connectivity index (χ0n) is 13.4. The predicted molar refractivity (Wildman–Crippen MR) is 83.3 cm³/mol. The van der Waals surface area contributed by atoms with Gasteiger partial charge in [0.1, 0.15) is 11.4 Å². The first-order chi connectivity index (χ1) is 11.4. The Labute approximate surface area is 137 Å². The molecule has 24 heavy (non-hydrogen) atoms. The molecule has 1 aromatic heterocycles. The number of ether oxygens (including phenoxy) is 1. The molecule has 0 aliphatic heterocycles. The van der Waals surface area contributed by atoms with E-state index in [9.17, 15) is 18.8 Å². The normalized spacial score (nSPS) is 10.3. The second kappa shape index (κ2) is 7.03. The molecule has 0 saturated heterocycles. The first kappa shape index (κ1) is 17.3. The van der Waals surface area contributed by atoms with Crippen LogP contribution in [-0.4, -0.2) is 34.2 Å². The van der Waals surface area contributed by atoms with Crippen LogP contribution in [0, 0.1) is 5.82 Å². The second-order valence-corrected chi connectivity index (χ2v) is 4.87. The molecule has 0 fully saturated rings. The quantitative estimate of drug-likeness (QED) is 0.800. The molecule has 2 aromatic rings. The SMILES string of the molecule is CCOC(=O)c1cnn(-c2cccc(F)c2)c1N(C(C)=O)C(C)=O. The Bertz CT molecular complexity index is 786. The highest BCUT2D eigenvalue weighted by Gasteiger charge is 2.29. The molecule has 1 heterocycles. The lowest BCUT2D eigenvalue weighted by molar-refractivity contribution is -0.124. The largest absolute Gasteiger partial charge is 0.462 e. The maximum Gasteiger partial charge on any atom is 0.343 e. The van der Waals surface area contributed by atoms with Crippen molar-refractivity contribution in [1.82, 2.24) is 9.78 Å². The van der Waals surface area contributed by atoms with Crippen molar-refractivity contribution in [2.75, 3.05) is 11.5 Å². The molecule has 0 saturated carbocycles. The van der Waals surface area contributed by atoms with Gasteiger partial charge in [-0.1, -0.05) is 6.07 Å². The minimum absolute atomic E-state index is 0.0634. The first-order valence-electron chi connectivity index (χ1n) is 7.19. The van der Waals surface area contributed by atoms with E-state index in [1.54, 1.807) is 6.92 Å². The summed E-state index contributed by atoms with van der Waals surface area (Å²) in [5, 5.41) is 4.02. The highest BCUT2D eigenvalue weighted by Crippen LogP contribution is 2.26. The van der Waals surface area contributed by atoms with E-state index in [0.29, 0.717) is 0 Å². The van der Waals surface area contributed by atoms with Gasteiger partial charge in [0.05, 0.1) is 18.5 Å². The third-order valence-corrected chi connectivity index (χ3v) is 3.13. The lowest BCUT2D eigenvalue weighted by Crippen LogP contribution is -2.36. The summed E-state index contributed by atoms with van der Waals surface area (Å²) in [4.78, 5) is 36.7. The fourth-order valence-electron chi connectivity index (χ4n) is 2.23. The van der Waals surface area contributed by atoms with E-state index >= 15 is 0 Å². The predicted octanol–water partition coefficient (Wildman–Crippen LogP) is 2.09. The molecule has 0 atom stereocenters. The van der Waals surface area contributed by atoms with Gasteiger partial charge in [-0.3, -0.25) is 9.59 Å². The number of amides is 2. The number of benzene rings is 1. The number of carbonyl (C=O) groups excluding carboxylic acids is 3. The van der Waals surface area contributed by atoms with Crippen molar-refractivity contribution >= 4 is 23.6 Å². The standard InChI is InChI=1S/C16H16FN3O4/c1-4-24-16(23)14-9-18-20(13-7-5-6-12(17)8-13)15(14)19(10(2)21)11(3)22/h5-9H,4H2,1-3H3. The Kier molecular flexibility index (Phi) is 5.08. The van der Waals surface area contributed by atoms with E-state index in [4.69, 9.17) is 4.74 Å². The number of nitrogens with zero attached hydrogens (tertiary/aromatic N) is 3. The maximum absolute atomic E-state index is 13.5. The molecule has 0 aliphatic rings. The molecule has 1 aromatic carbocycles. The van der Waals surface area contributed by atoms with E-state index in [0.717, 1.165) is 9.58 Å². The third-order valence-electron chi connectivity index (χ3n) is 3.13. The molecule has 0 N–H and O–H groups in total. The van der Waals surface area contributed by atoms with Crippen LogP contribution >= 0.6 is 0 Å². The molecule has 2 amide bonds. The van der Waals surface area contributed by atoms with Crippen molar-refractivity contribution in [2.24, 2.45) is 0 Å². The van der Waals surface area contributed by atoms with Crippen LogP contribution in [0.1, 0.15) is 31.1 Å². The van der Waals surface area contributed by atoms with E-state index in [-0.39, 0.29) is 23.7 Å². The van der Waals surface area contributed by atoms with Crippen molar-refractivity contribution in [3.63, 3.8) is 0 Å². The molecule has 0 radical (unpaired) electrons. The molecule has 0 spiro atoms. The Morgan fingerprint density at radius 2 is 1.92 bits per heavy atom. The van der Waals surface area contributed by atoms with Gasteiger partial charge in [0, 0.05) is 13.8 Å². The number of hydrogen-bond donors (Lipinski definition) is 0. The zero-order chi connectivity index (χ0) is 17.9. The van der Waals surface area contributed by atoms with Gasteiger partial charge in [-0.15, -0.1) is 0 Å². The summed E-state index contributed by atoms with van der Waals surface area (Å²) in [6.45, 7) is 4.10. The number of carbonyl (C=O) groups is 3. The van der Waals surface area contributed by atoms with Crippen molar-refractivity contribution in [2.45, 2.75) is 20.8 Å². The highest BCUT2D eigenvalue weighted by molar-refractivity contribution is 6.15. The summed E-state index contributed by atoms with van der Waals surface area (Å²) in [6.07, 6.45) is 1.18. The minimum atomic E-state index is -0.734. The monoisotopic (exact) mass is 333 g/mol. The second-order valence-electron chi connectivity index (χ2n) is 4.87.